The van der Waals surface area contributed by atoms with E-state index in [1.54, 1.807) is 91.8 Å². The highest BCUT2D eigenvalue weighted by Gasteiger charge is 2.27. The van der Waals surface area contributed by atoms with Gasteiger partial charge in [-0.3, -0.25) is 19.2 Å². The second kappa shape index (κ2) is 51.9. The SMILES string of the molecule is CC(C)C(=O)N1CCCN(c2cc(-n3cnc(Nc4ccccc4)n3)ccn2)CC1.CCCC(=O)N1CCCN(c2cc(-n3cnc(Nc4ccccc4)n3)ccn2)CC1.COCC(=O)N1CCCN(c2cc(-n3cnc(Nc4ccccc4)n3)ccn2)CC1.N#CCC(=O)N1CCCN(c2cc(-n3cnc(Nc4ccccc4)n3)ccn2)CC1.c1ccc(Nc2ncn(-c3ccnc(N4CCCCCC4)c3)n2)cc1. The molecule has 0 aliphatic carbocycles. The molecule has 145 heavy (non-hydrogen) atoms. The fraction of sp³-hybridized carbons (Fsp3) is 0.333. The summed E-state index contributed by atoms with van der Waals surface area (Å²) in [5.74, 6) is 7.63. The smallest absolute Gasteiger partial charge is 0.248 e. The number of nitriles is 1. The third-order valence-electron chi connectivity index (χ3n) is 24.6. The van der Waals surface area contributed by atoms with Crippen molar-refractivity contribution in [3.63, 3.8) is 0 Å². The number of pyridine rings is 5. The summed E-state index contributed by atoms with van der Waals surface area (Å²) in [6.07, 6.45) is 27.5. The molecule has 40 nitrogen and oxygen atoms in total. The van der Waals surface area contributed by atoms with Gasteiger partial charge in [0, 0.05) is 227 Å². The van der Waals surface area contributed by atoms with Gasteiger partial charge >= 0.3 is 0 Å². The van der Waals surface area contributed by atoms with Gasteiger partial charge in [0.1, 0.15) is 73.8 Å². The molecule has 5 fully saturated rings. The van der Waals surface area contributed by atoms with Crippen LogP contribution >= 0.6 is 0 Å². The number of rotatable bonds is 26. The highest BCUT2D eigenvalue weighted by molar-refractivity contribution is 5.80. The van der Waals surface area contributed by atoms with Crippen molar-refractivity contribution in [2.45, 2.75) is 91.4 Å². The van der Waals surface area contributed by atoms with Crippen molar-refractivity contribution in [2.24, 2.45) is 5.92 Å². The number of para-hydroxylation sites is 5. The summed E-state index contributed by atoms with van der Waals surface area (Å²) in [5, 5.41) is 47.3. The number of aromatic nitrogens is 20. The molecule has 0 saturated carbocycles. The highest BCUT2D eigenvalue weighted by atomic mass is 16.5. The van der Waals surface area contributed by atoms with Crippen LogP contribution in [-0.4, -0.2) is 273 Å². The molecule has 5 saturated heterocycles. The van der Waals surface area contributed by atoms with E-state index in [1.165, 1.54) is 25.7 Å². The number of carbonyl (C=O) groups excluding carboxylic acids is 4. The normalized spacial score (nSPS) is 14.5. The summed E-state index contributed by atoms with van der Waals surface area (Å²) in [6.45, 7) is 20.3. The molecule has 5 N–H and O–H groups in total. The Morgan fingerprint density at radius 1 is 0.310 bits per heavy atom. The standard InChI is InChI=1S/2C22H27N7O.C21H22N8O.C21H25N7O2.C19H22N6/c1-17(2)21(30)28-12-6-11-27(13-14-28)20-15-19(9-10-23-20)29-16-24-22(26-29)25-18-7-4-3-5-8-18;1-2-7-21(30)28-13-6-12-27(14-15-28)20-16-19(10-11-23-20)29-17-24-22(26-29)25-18-8-4-3-5-9-18;22-9-7-20(30)28-12-4-11-27(13-14-28)19-15-18(8-10-23-19)29-16-24-21(26-29)25-17-5-2-1-3-6-17;1-30-15-20(29)27-11-5-10-26(12-13-27)19-14-18(8-9-22-19)28-16-23-21(25-28)24-17-6-3-2-4-7-17;1-2-7-13-24(12-6-1)18-14-17(10-11-20-18)25-15-21-19(23-25)22-16-8-4-3-5-9-16/h3-5,7-10,15-17H,6,11-14H2,1-2H3,(H,25,26);3-5,8-11,16-17H,2,6-7,12-15H2,1H3,(H,25,26);1-3,5-6,8,10,15-16H,4,7,11-14H2,(H,25,26);2-4,6-9,14,16H,5,10-13,15H2,1H3,(H,24,25);3-5,8-11,14-15H,1-2,6-7,12-13H2,(H,22,23). The maximum absolute atomic E-state index is 12.3. The van der Waals surface area contributed by atoms with Gasteiger partial charge in [0.05, 0.1) is 34.5 Å². The van der Waals surface area contributed by atoms with Gasteiger partial charge in [-0.2, -0.15) is 30.2 Å². The molecule has 20 rings (SSSR count). The Morgan fingerprint density at radius 2 is 0.566 bits per heavy atom. The summed E-state index contributed by atoms with van der Waals surface area (Å²) in [7, 11) is 1.54. The largest absolute Gasteiger partial charge is 0.375 e. The first-order valence-electron chi connectivity index (χ1n) is 49.4. The van der Waals surface area contributed by atoms with E-state index in [1.807, 2.05) is 254 Å². The van der Waals surface area contributed by atoms with Crippen LogP contribution in [0.2, 0.25) is 0 Å². The van der Waals surface area contributed by atoms with Gasteiger partial charge in [0.2, 0.25) is 53.4 Å². The third-order valence-corrected chi connectivity index (χ3v) is 24.6. The second-order valence-corrected chi connectivity index (χ2v) is 35.3. The zero-order chi connectivity index (χ0) is 100. The number of benzene rings is 5. The Balaban J connectivity index is 0.000000130. The minimum absolute atomic E-state index is 0.0297. The van der Waals surface area contributed by atoms with Crippen molar-refractivity contribution in [2.75, 3.05) is 183 Å². The molecule has 5 aliphatic heterocycles. The predicted molar refractivity (Wildman–Crippen MR) is 561 cm³/mol. The lowest BCUT2D eigenvalue weighted by Gasteiger charge is -2.24. The quantitative estimate of drug-likeness (QED) is 0.0336. The molecule has 10 aromatic heterocycles. The van der Waals surface area contributed by atoms with Crippen LogP contribution < -0.4 is 51.1 Å². The lowest BCUT2D eigenvalue weighted by atomic mass is 10.2. The molecule has 5 aliphatic rings. The Hall–Kier alpha value is -17.1. The summed E-state index contributed by atoms with van der Waals surface area (Å²) in [4.78, 5) is 112. The fourth-order valence-electron chi connectivity index (χ4n) is 17.1. The lowest BCUT2D eigenvalue weighted by Crippen LogP contribution is -2.37. The predicted octanol–water partition coefficient (Wildman–Crippen LogP) is 14.6. The average Bonchev–Trinajstić information content (AvgIpc) is 1.74. The number of anilines is 15. The van der Waals surface area contributed by atoms with E-state index < -0.39 is 0 Å². The first-order valence-corrected chi connectivity index (χ1v) is 49.4. The molecule has 0 unspecified atom stereocenters. The second-order valence-electron chi connectivity index (χ2n) is 35.3. The van der Waals surface area contributed by atoms with Gasteiger partial charge in [-0.25, -0.2) is 48.3 Å². The minimum Gasteiger partial charge on any atom is -0.375 e. The average molecular weight is 1960 g/mol. The van der Waals surface area contributed by atoms with Crippen molar-refractivity contribution in [1.82, 2.24) is 118 Å². The first-order chi connectivity index (χ1) is 71.2. The van der Waals surface area contributed by atoms with E-state index >= 15 is 0 Å². The lowest BCUT2D eigenvalue weighted by molar-refractivity contribution is -0.135. The van der Waals surface area contributed by atoms with Gasteiger partial charge in [-0.15, -0.1) is 25.5 Å². The summed E-state index contributed by atoms with van der Waals surface area (Å²) < 4.78 is 13.7. The van der Waals surface area contributed by atoms with E-state index in [0.29, 0.717) is 62.3 Å². The Bertz CT molecular complexity index is 6450. The van der Waals surface area contributed by atoms with Crippen molar-refractivity contribution >= 4 is 111 Å². The number of nitrogens with one attached hydrogen (secondary N) is 5. The van der Waals surface area contributed by atoms with Gasteiger partial charge < -0.3 is 75.4 Å². The van der Waals surface area contributed by atoms with E-state index in [-0.39, 0.29) is 42.6 Å². The topological polar surface area (TPSA) is 409 Å². The number of hydrogen-bond acceptors (Lipinski definition) is 31. The molecule has 0 radical (unpaired) electrons. The third kappa shape index (κ3) is 29.3. The van der Waals surface area contributed by atoms with E-state index in [2.05, 4.69) is 132 Å². The van der Waals surface area contributed by atoms with Crippen LogP contribution in [0.3, 0.4) is 0 Å². The van der Waals surface area contributed by atoms with Crippen molar-refractivity contribution in [3.8, 4) is 34.5 Å². The maximum Gasteiger partial charge on any atom is 0.248 e. The van der Waals surface area contributed by atoms with Crippen LogP contribution in [0.5, 0.6) is 0 Å². The van der Waals surface area contributed by atoms with Gasteiger partial charge in [0.15, 0.2) is 0 Å². The molecule has 0 spiro atoms. The molecule has 40 heteroatoms. The van der Waals surface area contributed by atoms with Crippen LogP contribution in [0.1, 0.15) is 91.4 Å². The Labute approximate surface area is 843 Å². The molecule has 748 valence electrons. The molecule has 0 atom stereocenters. The molecule has 5 aromatic carbocycles. The number of methoxy groups -OCH3 is 1. The van der Waals surface area contributed by atoms with Crippen molar-refractivity contribution in [1.29, 1.82) is 5.26 Å². The molecule has 15 aromatic rings. The monoisotopic (exact) mass is 1950 g/mol. The van der Waals surface area contributed by atoms with Crippen LogP contribution in [0.4, 0.5) is 87.3 Å². The number of carbonyl (C=O) groups is 4. The summed E-state index contributed by atoms with van der Waals surface area (Å²) >= 11 is 0. The zero-order valence-corrected chi connectivity index (χ0v) is 82.2. The van der Waals surface area contributed by atoms with Crippen LogP contribution in [0.25, 0.3) is 28.4 Å². The molecule has 4 amide bonds. The first kappa shape index (κ1) is 101. The van der Waals surface area contributed by atoms with E-state index in [0.717, 1.165) is 210 Å². The van der Waals surface area contributed by atoms with E-state index in [9.17, 15) is 19.2 Å². The Kier molecular flexibility index (Phi) is 36.1. The van der Waals surface area contributed by atoms with Crippen molar-refractivity contribution in [3.05, 3.63) is 275 Å². The van der Waals surface area contributed by atoms with Gasteiger partial charge in [-0.05, 0) is 136 Å². The number of amides is 4. The minimum atomic E-state index is -0.109. The van der Waals surface area contributed by atoms with Crippen LogP contribution in [0.15, 0.2) is 275 Å². The van der Waals surface area contributed by atoms with E-state index in [4.69, 9.17) is 10.00 Å². The zero-order valence-electron chi connectivity index (χ0n) is 82.2. The van der Waals surface area contributed by atoms with Gasteiger partial charge in [0.25, 0.3) is 0 Å². The maximum atomic E-state index is 12.3. The molecular formula is C105H123N35O5. The fourth-order valence-corrected chi connectivity index (χ4v) is 17.1. The number of ether oxygens (including phenoxy) is 1. The Morgan fingerprint density at radius 3 is 0.834 bits per heavy atom. The molecule has 0 bridgehead atoms. The highest BCUT2D eigenvalue weighted by Crippen LogP contribution is 2.29. The number of hydrogen-bond donors (Lipinski definition) is 5. The van der Waals surface area contributed by atoms with Crippen molar-refractivity contribution < 1.29 is 23.9 Å². The summed E-state index contributed by atoms with van der Waals surface area (Å²) in [5.41, 5.74) is 9.22. The molecule has 15 heterocycles. The number of nitrogens with zero attached hydrogens (tertiary/aromatic N) is 30. The summed E-state index contributed by atoms with van der Waals surface area (Å²) in [6, 6.07) is 70.8. The van der Waals surface area contributed by atoms with Crippen LogP contribution in [0, 0.1) is 17.2 Å². The molecular weight excluding hydrogens is 1830 g/mol. The van der Waals surface area contributed by atoms with Gasteiger partial charge in [-0.1, -0.05) is 125 Å². The van der Waals surface area contributed by atoms with Crippen LogP contribution in [-0.2, 0) is 23.9 Å².